The average Bonchev–Trinajstić information content (AvgIpc) is 2.46. The number of hydrogen-bond donors (Lipinski definition) is 1. The molecule has 0 aliphatic carbocycles. The predicted molar refractivity (Wildman–Crippen MR) is 63.9 cm³/mol. The maximum atomic E-state index is 9.26. The first-order valence-corrected chi connectivity index (χ1v) is 5.85. The number of likely N-dealkylation sites (tertiary alicyclic amines) is 1. The molecule has 2 unspecified atom stereocenters. The molecule has 2 atom stereocenters. The van der Waals surface area contributed by atoms with E-state index in [-0.39, 0.29) is 12.0 Å². The van der Waals surface area contributed by atoms with Crippen LogP contribution in [0.4, 0.5) is 0 Å². The first-order valence-electron chi connectivity index (χ1n) is 5.85. The summed E-state index contributed by atoms with van der Waals surface area (Å²) in [6.45, 7) is 10.1. The highest BCUT2D eigenvalue weighted by Crippen LogP contribution is 2.24. The van der Waals surface area contributed by atoms with Crippen molar-refractivity contribution in [3.05, 3.63) is 0 Å². The van der Waals surface area contributed by atoms with Crippen LogP contribution in [0, 0.1) is 11.3 Å². The minimum Gasteiger partial charge on any atom is -0.396 e. The van der Waals surface area contributed by atoms with Gasteiger partial charge in [0, 0.05) is 37.7 Å². The fourth-order valence-corrected chi connectivity index (χ4v) is 2.50. The summed E-state index contributed by atoms with van der Waals surface area (Å²) in [7, 11) is 4.31. The highest BCUT2D eigenvalue weighted by Gasteiger charge is 2.33. The van der Waals surface area contributed by atoms with E-state index >= 15 is 0 Å². The predicted octanol–water partition coefficient (Wildman–Crippen LogP) is 0.887. The molecule has 1 fully saturated rings. The van der Waals surface area contributed by atoms with Crippen LogP contribution in [0.15, 0.2) is 0 Å². The van der Waals surface area contributed by atoms with Gasteiger partial charge in [0.25, 0.3) is 0 Å². The molecule has 0 spiro atoms. The van der Waals surface area contributed by atoms with Gasteiger partial charge in [-0.2, -0.15) is 0 Å². The molecular weight excluding hydrogens is 188 g/mol. The van der Waals surface area contributed by atoms with Crippen molar-refractivity contribution in [3.8, 4) is 0 Å². The zero-order valence-corrected chi connectivity index (χ0v) is 10.8. The normalized spacial score (nSPS) is 29.0. The lowest BCUT2D eigenvalue weighted by Gasteiger charge is -2.28. The minimum absolute atomic E-state index is 0.0287. The number of hydrogen-bond acceptors (Lipinski definition) is 3. The third-order valence-corrected chi connectivity index (χ3v) is 3.39. The molecule has 90 valence electrons. The zero-order valence-electron chi connectivity index (χ0n) is 10.8. The van der Waals surface area contributed by atoms with Gasteiger partial charge in [0.2, 0.25) is 0 Å². The monoisotopic (exact) mass is 214 g/mol. The van der Waals surface area contributed by atoms with E-state index < -0.39 is 0 Å². The third kappa shape index (κ3) is 3.44. The number of likely N-dealkylation sites (N-methyl/N-ethyl adjacent to an activating group) is 1. The Labute approximate surface area is 94.1 Å². The lowest BCUT2D eigenvalue weighted by atomic mass is 9.94. The first kappa shape index (κ1) is 12.9. The molecular formula is C12H26N2O. The molecule has 0 radical (unpaired) electrons. The third-order valence-electron chi connectivity index (χ3n) is 3.39. The van der Waals surface area contributed by atoms with E-state index in [1.807, 2.05) is 0 Å². The van der Waals surface area contributed by atoms with Crippen molar-refractivity contribution in [1.29, 1.82) is 0 Å². The Morgan fingerprint density at radius 3 is 2.33 bits per heavy atom. The van der Waals surface area contributed by atoms with E-state index in [1.165, 1.54) is 0 Å². The Morgan fingerprint density at radius 2 is 1.93 bits per heavy atom. The Bertz CT molecular complexity index is 204. The van der Waals surface area contributed by atoms with Crippen molar-refractivity contribution in [2.24, 2.45) is 11.3 Å². The molecule has 1 aliphatic rings. The average molecular weight is 214 g/mol. The van der Waals surface area contributed by atoms with Crippen molar-refractivity contribution >= 4 is 0 Å². The van der Waals surface area contributed by atoms with Crippen LogP contribution in [0.1, 0.15) is 20.8 Å². The molecule has 0 bridgehead atoms. The fourth-order valence-electron chi connectivity index (χ4n) is 2.50. The highest BCUT2D eigenvalue weighted by molar-refractivity contribution is 4.88. The summed E-state index contributed by atoms with van der Waals surface area (Å²) < 4.78 is 0. The Balaban J connectivity index is 2.48. The van der Waals surface area contributed by atoms with Crippen molar-refractivity contribution in [2.75, 3.05) is 40.3 Å². The molecule has 1 rings (SSSR count). The lowest BCUT2D eigenvalue weighted by molar-refractivity contribution is 0.111. The van der Waals surface area contributed by atoms with Crippen LogP contribution in [0.25, 0.3) is 0 Å². The molecule has 0 amide bonds. The summed E-state index contributed by atoms with van der Waals surface area (Å²) in [6.07, 6.45) is 0. The van der Waals surface area contributed by atoms with E-state index in [1.54, 1.807) is 0 Å². The van der Waals surface area contributed by atoms with Gasteiger partial charge in [0.05, 0.1) is 0 Å². The van der Waals surface area contributed by atoms with Crippen LogP contribution in [0.5, 0.6) is 0 Å². The Hall–Kier alpha value is -0.120. The maximum Gasteiger partial charge on any atom is 0.0494 e. The van der Waals surface area contributed by atoms with E-state index in [0.717, 1.165) is 25.6 Å². The van der Waals surface area contributed by atoms with Crippen LogP contribution in [-0.2, 0) is 0 Å². The summed E-state index contributed by atoms with van der Waals surface area (Å²) >= 11 is 0. The molecule has 3 nitrogen and oxygen atoms in total. The van der Waals surface area contributed by atoms with Crippen LogP contribution in [-0.4, -0.2) is 61.3 Å². The number of nitrogens with zero attached hydrogens (tertiary/aromatic N) is 2. The van der Waals surface area contributed by atoms with Crippen molar-refractivity contribution in [1.82, 2.24) is 9.80 Å². The molecule has 15 heavy (non-hydrogen) atoms. The summed E-state index contributed by atoms with van der Waals surface area (Å²) in [5, 5.41) is 9.26. The van der Waals surface area contributed by atoms with Gasteiger partial charge in [-0.3, -0.25) is 0 Å². The number of aliphatic hydroxyl groups excluding tert-OH is 1. The van der Waals surface area contributed by atoms with Gasteiger partial charge in [0.1, 0.15) is 0 Å². The molecule has 0 aromatic rings. The SMILES string of the molecule is CC1CN(CC(C)(C)CO)CC1N(C)C. The summed E-state index contributed by atoms with van der Waals surface area (Å²) in [6, 6.07) is 0.666. The molecule has 1 N–H and O–H groups in total. The van der Waals surface area contributed by atoms with Crippen molar-refractivity contribution in [3.63, 3.8) is 0 Å². The maximum absolute atomic E-state index is 9.26. The topological polar surface area (TPSA) is 26.7 Å². The smallest absolute Gasteiger partial charge is 0.0494 e. The van der Waals surface area contributed by atoms with Crippen molar-refractivity contribution in [2.45, 2.75) is 26.8 Å². The van der Waals surface area contributed by atoms with E-state index in [9.17, 15) is 5.11 Å². The lowest BCUT2D eigenvalue weighted by Crippen LogP contribution is -2.38. The summed E-state index contributed by atoms with van der Waals surface area (Å²) in [4.78, 5) is 4.79. The summed E-state index contributed by atoms with van der Waals surface area (Å²) in [5.41, 5.74) is 0.0287. The molecule has 1 aliphatic heterocycles. The van der Waals surface area contributed by atoms with Crippen LogP contribution < -0.4 is 0 Å². The molecule has 1 saturated heterocycles. The molecule has 1 heterocycles. The van der Waals surface area contributed by atoms with Gasteiger partial charge >= 0.3 is 0 Å². The van der Waals surface area contributed by atoms with E-state index in [4.69, 9.17) is 0 Å². The second-order valence-electron chi connectivity index (χ2n) is 6.02. The first-order chi connectivity index (χ1) is 6.85. The molecule has 0 aromatic heterocycles. The van der Waals surface area contributed by atoms with Crippen LogP contribution >= 0.6 is 0 Å². The van der Waals surface area contributed by atoms with E-state index in [0.29, 0.717) is 6.04 Å². The number of rotatable bonds is 4. The fraction of sp³-hybridized carbons (Fsp3) is 1.00. The molecule has 3 heteroatoms. The molecule has 0 saturated carbocycles. The van der Waals surface area contributed by atoms with Crippen molar-refractivity contribution < 1.29 is 5.11 Å². The summed E-state index contributed by atoms with van der Waals surface area (Å²) in [5.74, 6) is 0.731. The van der Waals surface area contributed by atoms with Gasteiger partial charge in [-0.25, -0.2) is 0 Å². The van der Waals surface area contributed by atoms with Crippen LogP contribution in [0.2, 0.25) is 0 Å². The zero-order chi connectivity index (χ0) is 11.6. The molecule has 0 aromatic carbocycles. The van der Waals surface area contributed by atoms with Gasteiger partial charge in [-0.05, 0) is 20.0 Å². The quantitative estimate of drug-likeness (QED) is 0.753. The second-order valence-corrected chi connectivity index (χ2v) is 6.02. The Kier molecular flexibility index (Phi) is 4.15. The Morgan fingerprint density at radius 1 is 1.33 bits per heavy atom. The number of aliphatic hydroxyl groups is 1. The second kappa shape index (κ2) is 4.81. The minimum atomic E-state index is 0.0287. The van der Waals surface area contributed by atoms with Gasteiger partial charge in [-0.15, -0.1) is 0 Å². The highest BCUT2D eigenvalue weighted by atomic mass is 16.3. The van der Waals surface area contributed by atoms with Gasteiger partial charge in [0.15, 0.2) is 0 Å². The standard InChI is InChI=1S/C12H26N2O/c1-10-6-14(7-11(10)13(4)5)8-12(2,3)9-15/h10-11,15H,6-9H2,1-5H3. The van der Waals surface area contributed by atoms with Crippen LogP contribution in [0.3, 0.4) is 0 Å². The van der Waals surface area contributed by atoms with Gasteiger partial charge < -0.3 is 14.9 Å². The van der Waals surface area contributed by atoms with E-state index in [2.05, 4.69) is 44.7 Å². The largest absolute Gasteiger partial charge is 0.396 e. The van der Waals surface area contributed by atoms with Gasteiger partial charge in [-0.1, -0.05) is 20.8 Å².